The number of fused-ring (bicyclic) bond motifs is 1. The lowest BCUT2D eigenvalue weighted by Gasteiger charge is -2.22. The molecule has 0 bridgehead atoms. The van der Waals surface area contributed by atoms with Gasteiger partial charge in [0.15, 0.2) is 0 Å². The van der Waals surface area contributed by atoms with Crippen LogP contribution in [0.5, 0.6) is 5.88 Å². The molecule has 1 aliphatic rings. The van der Waals surface area contributed by atoms with E-state index in [4.69, 9.17) is 11.6 Å². The van der Waals surface area contributed by atoms with Gasteiger partial charge in [-0.3, -0.25) is 0 Å². The highest BCUT2D eigenvalue weighted by atomic mass is 35.5. The van der Waals surface area contributed by atoms with Crippen LogP contribution in [0.25, 0.3) is 0 Å². The van der Waals surface area contributed by atoms with Crippen LogP contribution >= 0.6 is 11.6 Å². The Bertz CT molecular complexity index is 636. The van der Waals surface area contributed by atoms with Crippen molar-refractivity contribution in [3.63, 3.8) is 0 Å². The molecule has 3 rings (SSSR count). The standard InChI is InChI=1S/C11H10ClN5O/c1-7-4-11(18)17(14-7)16-6-8-2-3-9(12)5-10(8)13-15-16/h2-5,18H,6H2,1H3. The number of halogens is 1. The van der Waals surface area contributed by atoms with Gasteiger partial charge in [-0.2, -0.15) is 10.2 Å². The van der Waals surface area contributed by atoms with Gasteiger partial charge in [0.2, 0.25) is 5.88 Å². The third-order valence-corrected chi connectivity index (χ3v) is 2.86. The predicted octanol–water partition coefficient (Wildman–Crippen LogP) is 2.70. The fourth-order valence-electron chi connectivity index (χ4n) is 1.80. The molecule has 0 atom stereocenters. The average molecular weight is 264 g/mol. The van der Waals surface area contributed by atoms with E-state index >= 15 is 0 Å². The molecular weight excluding hydrogens is 254 g/mol. The summed E-state index contributed by atoms with van der Waals surface area (Å²) in [5.74, 6) is 0.0314. The summed E-state index contributed by atoms with van der Waals surface area (Å²) in [5.41, 5.74) is 2.42. The van der Waals surface area contributed by atoms with Crippen LogP contribution in [0.2, 0.25) is 5.02 Å². The summed E-state index contributed by atoms with van der Waals surface area (Å²) < 4.78 is 0. The minimum Gasteiger partial charge on any atom is -0.492 e. The number of hydrogen-bond donors (Lipinski definition) is 1. The SMILES string of the molecule is Cc1cc(O)n(N2Cc3ccc(Cl)cc3N=N2)n1. The maximum Gasteiger partial charge on any atom is 0.232 e. The van der Waals surface area contributed by atoms with E-state index in [2.05, 4.69) is 15.4 Å². The van der Waals surface area contributed by atoms with Crippen LogP contribution in [0.1, 0.15) is 11.3 Å². The zero-order chi connectivity index (χ0) is 12.7. The van der Waals surface area contributed by atoms with Gasteiger partial charge in [-0.05, 0) is 24.3 Å². The Morgan fingerprint density at radius 1 is 1.33 bits per heavy atom. The molecule has 1 aromatic carbocycles. The highest BCUT2D eigenvalue weighted by Gasteiger charge is 2.18. The molecule has 0 saturated heterocycles. The van der Waals surface area contributed by atoms with E-state index in [9.17, 15) is 5.11 Å². The zero-order valence-corrected chi connectivity index (χ0v) is 10.3. The summed E-state index contributed by atoms with van der Waals surface area (Å²) in [6.45, 7) is 2.27. The molecule has 0 unspecified atom stereocenters. The van der Waals surface area contributed by atoms with Gasteiger partial charge >= 0.3 is 0 Å². The molecule has 0 amide bonds. The van der Waals surface area contributed by atoms with Crippen molar-refractivity contribution >= 4 is 17.3 Å². The van der Waals surface area contributed by atoms with Crippen molar-refractivity contribution in [3.05, 3.63) is 40.5 Å². The van der Waals surface area contributed by atoms with Crippen molar-refractivity contribution in [3.8, 4) is 5.88 Å². The smallest absolute Gasteiger partial charge is 0.232 e. The van der Waals surface area contributed by atoms with Crippen molar-refractivity contribution in [2.24, 2.45) is 10.3 Å². The molecule has 7 heteroatoms. The minimum atomic E-state index is 0.0314. The summed E-state index contributed by atoms with van der Waals surface area (Å²) in [4.78, 5) is 1.32. The molecule has 1 N–H and O–H groups in total. The number of aromatic hydroxyl groups is 1. The van der Waals surface area contributed by atoms with E-state index in [1.54, 1.807) is 25.1 Å². The fourth-order valence-corrected chi connectivity index (χ4v) is 1.96. The van der Waals surface area contributed by atoms with E-state index < -0.39 is 0 Å². The van der Waals surface area contributed by atoms with Crippen LogP contribution in [0.4, 0.5) is 5.69 Å². The van der Waals surface area contributed by atoms with Crippen LogP contribution in [0, 0.1) is 6.92 Å². The Kier molecular flexibility index (Phi) is 2.45. The first-order valence-electron chi connectivity index (χ1n) is 5.37. The van der Waals surface area contributed by atoms with E-state index in [0.717, 1.165) is 11.3 Å². The highest BCUT2D eigenvalue weighted by Crippen LogP contribution is 2.29. The fraction of sp³-hybridized carbons (Fsp3) is 0.182. The van der Waals surface area contributed by atoms with E-state index in [0.29, 0.717) is 17.3 Å². The number of aryl methyl sites for hydroxylation is 1. The van der Waals surface area contributed by atoms with Crippen LogP contribution in [0.15, 0.2) is 34.6 Å². The number of nitrogens with zero attached hydrogens (tertiary/aromatic N) is 5. The molecule has 0 radical (unpaired) electrons. The van der Waals surface area contributed by atoms with Gasteiger partial charge in [0.25, 0.3) is 0 Å². The quantitative estimate of drug-likeness (QED) is 0.860. The number of benzene rings is 1. The first-order chi connectivity index (χ1) is 8.63. The van der Waals surface area contributed by atoms with E-state index in [1.165, 1.54) is 9.91 Å². The topological polar surface area (TPSA) is 66.0 Å². The minimum absolute atomic E-state index is 0.0314. The molecule has 6 nitrogen and oxygen atoms in total. The van der Waals surface area contributed by atoms with Crippen LogP contribution < -0.4 is 5.12 Å². The molecule has 2 aromatic rings. The van der Waals surface area contributed by atoms with Crippen LogP contribution in [-0.4, -0.2) is 15.0 Å². The van der Waals surface area contributed by atoms with Crippen molar-refractivity contribution in [1.29, 1.82) is 0 Å². The van der Waals surface area contributed by atoms with Gasteiger partial charge < -0.3 is 5.11 Å². The second-order valence-corrected chi connectivity index (χ2v) is 4.46. The molecule has 0 fully saturated rings. The van der Waals surface area contributed by atoms with Gasteiger partial charge in [0.1, 0.15) is 0 Å². The lowest BCUT2D eigenvalue weighted by molar-refractivity contribution is 0.378. The molecule has 0 aliphatic carbocycles. The first kappa shape index (κ1) is 11.0. The maximum atomic E-state index is 9.71. The van der Waals surface area contributed by atoms with Gasteiger partial charge in [-0.1, -0.05) is 17.7 Å². The molecule has 0 spiro atoms. The summed E-state index contributed by atoms with van der Waals surface area (Å²) in [6.07, 6.45) is 0. The van der Waals surface area contributed by atoms with Crippen molar-refractivity contribution in [2.75, 3.05) is 5.12 Å². The van der Waals surface area contributed by atoms with Gasteiger partial charge in [0.05, 0.1) is 17.9 Å². The van der Waals surface area contributed by atoms with Crippen LogP contribution in [0.3, 0.4) is 0 Å². The number of rotatable bonds is 1. The second kappa shape index (κ2) is 3.99. The summed E-state index contributed by atoms with van der Waals surface area (Å²) in [6, 6.07) is 7.00. The number of hydrogen-bond acceptors (Lipinski definition) is 5. The van der Waals surface area contributed by atoms with Gasteiger partial charge in [-0.15, -0.1) is 9.91 Å². The zero-order valence-electron chi connectivity index (χ0n) is 9.58. The third kappa shape index (κ3) is 1.80. The van der Waals surface area contributed by atoms with Crippen LogP contribution in [-0.2, 0) is 6.54 Å². The summed E-state index contributed by atoms with van der Waals surface area (Å²) in [5, 5.41) is 24.0. The lowest BCUT2D eigenvalue weighted by Crippen LogP contribution is -2.30. The maximum absolute atomic E-state index is 9.71. The molecule has 2 heterocycles. The average Bonchev–Trinajstić information content (AvgIpc) is 2.68. The predicted molar refractivity (Wildman–Crippen MR) is 66.5 cm³/mol. The summed E-state index contributed by atoms with van der Waals surface area (Å²) in [7, 11) is 0. The molecule has 1 aromatic heterocycles. The Balaban J connectivity index is 1.97. The Labute approximate surface area is 108 Å². The van der Waals surface area contributed by atoms with Gasteiger partial charge in [-0.25, -0.2) is 0 Å². The molecular formula is C11H10ClN5O. The Morgan fingerprint density at radius 3 is 2.89 bits per heavy atom. The summed E-state index contributed by atoms with van der Waals surface area (Å²) >= 11 is 5.89. The van der Waals surface area contributed by atoms with Crippen molar-refractivity contribution in [2.45, 2.75) is 13.5 Å². The molecule has 92 valence electrons. The number of aromatic nitrogens is 2. The molecule has 1 aliphatic heterocycles. The van der Waals surface area contributed by atoms with E-state index in [1.807, 2.05) is 6.07 Å². The Hall–Kier alpha value is -2.08. The largest absolute Gasteiger partial charge is 0.492 e. The monoisotopic (exact) mass is 263 g/mol. The Morgan fingerprint density at radius 2 is 2.17 bits per heavy atom. The van der Waals surface area contributed by atoms with Crippen molar-refractivity contribution in [1.82, 2.24) is 9.89 Å². The third-order valence-electron chi connectivity index (χ3n) is 2.63. The molecule has 0 saturated carbocycles. The lowest BCUT2D eigenvalue weighted by atomic mass is 10.2. The normalized spacial score (nSPS) is 13.8. The van der Waals surface area contributed by atoms with Gasteiger partial charge in [0, 0.05) is 16.7 Å². The van der Waals surface area contributed by atoms with Crippen molar-refractivity contribution < 1.29 is 5.11 Å². The molecule has 18 heavy (non-hydrogen) atoms. The first-order valence-corrected chi connectivity index (χ1v) is 5.75. The highest BCUT2D eigenvalue weighted by molar-refractivity contribution is 6.30. The second-order valence-electron chi connectivity index (χ2n) is 4.03. The van der Waals surface area contributed by atoms with E-state index in [-0.39, 0.29) is 5.88 Å².